The van der Waals surface area contributed by atoms with Gasteiger partial charge in [0.25, 0.3) is 5.91 Å². The molecule has 0 radical (unpaired) electrons. The van der Waals surface area contributed by atoms with Gasteiger partial charge in [-0.1, -0.05) is 41.4 Å². The third-order valence-electron chi connectivity index (χ3n) is 3.26. The van der Waals surface area contributed by atoms with E-state index in [1.807, 2.05) is 36.5 Å². The topological polar surface area (TPSA) is 45.7 Å². The van der Waals surface area contributed by atoms with E-state index in [1.54, 1.807) is 0 Å². The molecule has 0 aliphatic carbocycles. The fourth-order valence-electron chi connectivity index (χ4n) is 2.05. The molecule has 0 heterocycles. The fourth-order valence-corrected chi connectivity index (χ4v) is 2.57. The molecule has 6 heteroatoms. The van der Waals surface area contributed by atoms with Crippen molar-refractivity contribution >= 4 is 34.8 Å². The standard InChI is InChI=1S/C16H15Cl2FN2O/c1-10(12-4-2-3-5-13(12)17)20-9-16(22)21-15-7-6-11(19)8-14(15)18/h2-8,10,20H,9H2,1H3,(H,21,22)/p+1/t10-/m1/s1. The predicted octanol–water partition coefficient (Wildman–Crippen LogP) is 3.40. The van der Waals surface area contributed by atoms with Crippen LogP contribution in [-0.2, 0) is 4.79 Å². The first kappa shape index (κ1) is 16.7. The highest BCUT2D eigenvalue weighted by Gasteiger charge is 2.14. The van der Waals surface area contributed by atoms with Crippen LogP contribution in [0.5, 0.6) is 0 Å². The summed E-state index contributed by atoms with van der Waals surface area (Å²) in [4.78, 5) is 11.9. The molecule has 116 valence electrons. The number of benzene rings is 2. The van der Waals surface area contributed by atoms with Gasteiger partial charge in [0.2, 0.25) is 0 Å². The minimum absolute atomic E-state index is 0.0446. The first-order valence-corrected chi connectivity index (χ1v) is 7.55. The van der Waals surface area contributed by atoms with Gasteiger partial charge in [-0.3, -0.25) is 4.79 Å². The van der Waals surface area contributed by atoms with Crippen LogP contribution in [0.3, 0.4) is 0 Å². The molecule has 1 amide bonds. The molecule has 2 aromatic carbocycles. The van der Waals surface area contributed by atoms with Gasteiger partial charge in [0.05, 0.1) is 10.7 Å². The number of nitrogens with one attached hydrogen (secondary N) is 1. The normalized spacial score (nSPS) is 12.0. The van der Waals surface area contributed by atoms with Crippen molar-refractivity contribution in [2.75, 3.05) is 11.9 Å². The Hall–Kier alpha value is -1.62. The van der Waals surface area contributed by atoms with E-state index in [4.69, 9.17) is 23.2 Å². The van der Waals surface area contributed by atoms with Crippen LogP contribution in [0.4, 0.5) is 10.1 Å². The van der Waals surface area contributed by atoms with Crippen molar-refractivity contribution in [2.45, 2.75) is 13.0 Å². The lowest BCUT2D eigenvalue weighted by molar-refractivity contribution is -0.682. The van der Waals surface area contributed by atoms with Gasteiger partial charge >= 0.3 is 0 Å². The van der Waals surface area contributed by atoms with Crippen molar-refractivity contribution in [1.29, 1.82) is 0 Å². The van der Waals surface area contributed by atoms with Gasteiger partial charge < -0.3 is 10.6 Å². The Balaban J connectivity index is 1.91. The SMILES string of the molecule is C[C@@H]([NH2+]CC(=O)Nc1ccc(F)cc1Cl)c1ccccc1Cl. The second-order valence-corrected chi connectivity index (χ2v) is 5.74. The van der Waals surface area contributed by atoms with E-state index >= 15 is 0 Å². The molecule has 0 aliphatic rings. The summed E-state index contributed by atoms with van der Waals surface area (Å²) in [5.74, 6) is -0.658. The first-order valence-electron chi connectivity index (χ1n) is 6.80. The minimum Gasteiger partial charge on any atom is -0.332 e. The van der Waals surface area contributed by atoms with Crippen LogP contribution in [0.1, 0.15) is 18.5 Å². The number of carbonyl (C=O) groups is 1. The van der Waals surface area contributed by atoms with Crippen molar-refractivity contribution in [2.24, 2.45) is 0 Å². The van der Waals surface area contributed by atoms with E-state index in [0.29, 0.717) is 10.7 Å². The number of amides is 1. The van der Waals surface area contributed by atoms with Gasteiger partial charge in [0.15, 0.2) is 6.54 Å². The third-order valence-corrected chi connectivity index (χ3v) is 3.91. The lowest BCUT2D eigenvalue weighted by atomic mass is 10.1. The molecule has 3 N–H and O–H groups in total. The summed E-state index contributed by atoms with van der Waals surface area (Å²) in [5, 5.41) is 5.37. The second-order valence-electron chi connectivity index (χ2n) is 4.92. The Bertz CT molecular complexity index is 679. The van der Waals surface area contributed by atoms with E-state index in [0.717, 1.165) is 11.6 Å². The number of halogens is 3. The lowest BCUT2D eigenvalue weighted by Crippen LogP contribution is -2.86. The molecule has 0 aromatic heterocycles. The summed E-state index contributed by atoms with van der Waals surface area (Å²) in [7, 11) is 0. The van der Waals surface area contributed by atoms with E-state index in [-0.39, 0.29) is 23.5 Å². The molecule has 0 spiro atoms. The molecule has 2 aromatic rings. The molecule has 0 bridgehead atoms. The van der Waals surface area contributed by atoms with Gasteiger partial charge in [0, 0.05) is 10.6 Å². The molecule has 0 saturated heterocycles. The number of carbonyl (C=O) groups excluding carboxylic acids is 1. The Morgan fingerprint density at radius 1 is 1.23 bits per heavy atom. The summed E-state index contributed by atoms with van der Waals surface area (Å²) in [6, 6.07) is 11.4. The maximum Gasteiger partial charge on any atom is 0.279 e. The summed E-state index contributed by atoms with van der Waals surface area (Å²) in [6.45, 7) is 2.18. The number of hydrogen-bond acceptors (Lipinski definition) is 1. The fraction of sp³-hybridized carbons (Fsp3) is 0.188. The maximum atomic E-state index is 12.9. The summed E-state index contributed by atoms with van der Waals surface area (Å²) in [5.41, 5.74) is 1.36. The van der Waals surface area contributed by atoms with E-state index in [1.165, 1.54) is 12.1 Å². The van der Waals surface area contributed by atoms with Gasteiger partial charge in [-0.05, 0) is 31.2 Å². The number of anilines is 1. The largest absolute Gasteiger partial charge is 0.332 e. The van der Waals surface area contributed by atoms with Crippen LogP contribution in [0.25, 0.3) is 0 Å². The Morgan fingerprint density at radius 3 is 2.64 bits per heavy atom. The molecule has 3 nitrogen and oxygen atoms in total. The molecule has 0 aliphatic heterocycles. The monoisotopic (exact) mass is 341 g/mol. The maximum absolute atomic E-state index is 12.9. The molecule has 0 saturated carbocycles. The molecule has 0 fully saturated rings. The molecule has 2 rings (SSSR count). The first-order chi connectivity index (χ1) is 10.5. The van der Waals surface area contributed by atoms with Gasteiger partial charge in [-0.25, -0.2) is 4.39 Å². The van der Waals surface area contributed by atoms with Crippen molar-refractivity contribution < 1.29 is 14.5 Å². The second kappa shape index (κ2) is 7.58. The van der Waals surface area contributed by atoms with Crippen molar-refractivity contribution in [1.82, 2.24) is 0 Å². The van der Waals surface area contributed by atoms with Crippen molar-refractivity contribution in [3.63, 3.8) is 0 Å². The molecular formula is C16H16Cl2FN2O+. The van der Waals surface area contributed by atoms with Crippen LogP contribution >= 0.6 is 23.2 Å². The summed E-state index contributed by atoms with van der Waals surface area (Å²) in [6.07, 6.45) is 0. The van der Waals surface area contributed by atoms with Crippen LogP contribution < -0.4 is 10.6 Å². The van der Waals surface area contributed by atoms with E-state index in [2.05, 4.69) is 5.32 Å². The number of hydrogen-bond donors (Lipinski definition) is 2. The molecule has 22 heavy (non-hydrogen) atoms. The number of nitrogens with two attached hydrogens (primary N) is 1. The van der Waals surface area contributed by atoms with E-state index < -0.39 is 5.82 Å². The summed E-state index contributed by atoms with van der Waals surface area (Å²) >= 11 is 12.0. The summed E-state index contributed by atoms with van der Waals surface area (Å²) < 4.78 is 12.9. The van der Waals surface area contributed by atoms with Crippen molar-refractivity contribution in [3.05, 3.63) is 63.9 Å². The van der Waals surface area contributed by atoms with Crippen LogP contribution in [-0.4, -0.2) is 12.5 Å². The smallest absolute Gasteiger partial charge is 0.279 e. The Morgan fingerprint density at radius 2 is 1.95 bits per heavy atom. The average molecular weight is 342 g/mol. The van der Waals surface area contributed by atoms with Gasteiger partial charge in [-0.15, -0.1) is 0 Å². The van der Waals surface area contributed by atoms with Crippen LogP contribution in [0, 0.1) is 5.82 Å². The minimum atomic E-state index is -0.443. The van der Waals surface area contributed by atoms with Crippen LogP contribution in [0.2, 0.25) is 10.0 Å². The average Bonchev–Trinajstić information content (AvgIpc) is 2.48. The zero-order chi connectivity index (χ0) is 16.1. The zero-order valence-corrected chi connectivity index (χ0v) is 13.5. The van der Waals surface area contributed by atoms with Crippen molar-refractivity contribution in [3.8, 4) is 0 Å². The quantitative estimate of drug-likeness (QED) is 0.860. The molecular weight excluding hydrogens is 326 g/mol. The highest BCUT2D eigenvalue weighted by molar-refractivity contribution is 6.33. The Kier molecular flexibility index (Phi) is 5.77. The zero-order valence-electron chi connectivity index (χ0n) is 11.9. The van der Waals surface area contributed by atoms with Gasteiger partial charge in [0.1, 0.15) is 11.9 Å². The molecule has 1 atom stereocenters. The highest BCUT2D eigenvalue weighted by Crippen LogP contribution is 2.22. The van der Waals surface area contributed by atoms with E-state index in [9.17, 15) is 9.18 Å². The number of rotatable bonds is 5. The lowest BCUT2D eigenvalue weighted by Gasteiger charge is -2.13. The molecule has 0 unspecified atom stereocenters. The highest BCUT2D eigenvalue weighted by atomic mass is 35.5. The number of quaternary nitrogens is 1. The Labute approximate surface area is 138 Å². The van der Waals surface area contributed by atoms with Crippen LogP contribution in [0.15, 0.2) is 42.5 Å². The third kappa shape index (κ3) is 4.44. The predicted molar refractivity (Wildman–Crippen MR) is 86.7 cm³/mol. The van der Waals surface area contributed by atoms with Gasteiger partial charge in [-0.2, -0.15) is 0 Å².